The van der Waals surface area contributed by atoms with Gasteiger partial charge in [-0.05, 0) is 43.2 Å². The number of fused-ring (bicyclic) bond motifs is 1. The Morgan fingerprint density at radius 1 is 0.769 bits per heavy atom. The van der Waals surface area contributed by atoms with Crippen molar-refractivity contribution in [3.8, 4) is 11.5 Å². The van der Waals surface area contributed by atoms with Gasteiger partial charge in [-0.1, -0.05) is 0 Å². The number of nitrogens with one attached hydrogen (secondary N) is 1. The average molecular weight is 535 g/mol. The number of hydrogen-bond acceptors (Lipinski definition) is 10. The molecule has 0 radical (unpaired) electrons. The van der Waals surface area contributed by atoms with E-state index in [2.05, 4.69) is 44.3 Å². The maximum atomic E-state index is 5.60. The summed E-state index contributed by atoms with van der Waals surface area (Å²) in [5, 5.41) is 4.45. The molecule has 0 bridgehead atoms. The molecule has 10 nitrogen and oxygen atoms in total. The third-order valence-corrected chi connectivity index (χ3v) is 8.00. The molecular formula is C29H38N6O4. The van der Waals surface area contributed by atoms with Crippen molar-refractivity contribution in [2.24, 2.45) is 0 Å². The van der Waals surface area contributed by atoms with Gasteiger partial charge in [0.25, 0.3) is 0 Å². The molecule has 3 saturated heterocycles. The Morgan fingerprint density at radius 3 is 2.08 bits per heavy atom. The molecule has 0 atom stereocenters. The molecule has 1 N–H and O–H groups in total. The minimum atomic E-state index is 0.595. The number of methoxy groups -OCH3 is 2. The smallest absolute Gasteiger partial charge is 0.227 e. The molecule has 39 heavy (non-hydrogen) atoms. The van der Waals surface area contributed by atoms with E-state index >= 15 is 0 Å². The summed E-state index contributed by atoms with van der Waals surface area (Å²) in [6.45, 7) is 8.93. The van der Waals surface area contributed by atoms with Gasteiger partial charge in [-0.3, -0.25) is 4.90 Å². The Balaban J connectivity index is 1.27. The van der Waals surface area contributed by atoms with Gasteiger partial charge in [0, 0.05) is 68.1 Å². The SMILES string of the molecule is COc1cc2nc(N3CCC(N4CCOCC4)CC3)nc(Nc3ccc(N4CCOCC4)cc3)c2cc1OC. The highest BCUT2D eigenvalue weighted by Gasteiger charge is 2.27. The number of rotatable bonds is 7. The lowest BCUT2D eigenvalue weighted by Crippen LogP contribution is -2.49. The monoisotopic (exact) mass is 534 g/mol. The molecule has 0 aliphatic carbocycles. The van der Waals surface area contributed by atoms with Crippen molar-refractivity contribution in [2.75, 3.05) is 95.0 Å². The number of piperidine rings is 1. The Kier molecular flexibility index (Phi) is 7.85. The second-order valence-electron chi connectivity index (χ2n) is 10.2. The maximum Gasteiger partial charge on any atom is 0.227 e. The normalized spacial score (nSPS) is 19.3. The van der Waals surface area contributed by atoms with Gasteiger partial charge in [0.05, 0.1) is 46.2 Å². The van der Waals surface area contributed by atoms with E-state index in [1.807, 2.05) is 12.1 Å². The molecule has 3 aliphatic heterocycles. The molecule has 3 aliphatic rings. The van der Waals surface area contributed by atoms with Crippen molar-refractivity contribution >= 4 is 34.0 Å². The van der Waals surface area contributed by atoms with Crippen LogP contribution in [0.4, 0.5) is 23.1 Å². The molecule has 2 aromatic carbocycles. The first-order valence-electron chi connectivity index (χ1n) is 13.9. The van der Waals surface area contributed by atoms with Crippen LogP contribution in [-0.4, -0.2) is 101 Å². The zero-order valence-electron chi connectivity index (χ0n) is 22.9. The standard InChI is InChI=1S/C29H38N6O4/c1-36-26-19-24-25(20-27(26)37-2)31-29(35-9-7-23(8-10-35)34-13-17-39-18-14-34)32-28(24)30-21-3-5-22(6-4-21)33-11-15-38-16-12-33/h3-6,19-20,23H,7-18H2,1-2H3,(H,30,31,32). The van der Waals surface area contributed by atoms with Crippen molar-refractivity contribution in [1.29, 1.82) is 0 Å². The minimum Gasteiger partial charge on any atom is -0.493 e. The second-order valence-corrected chi connectivity index (χ2v) is 10.2. The molecule has 0 amide bonds. The quantitative estimate of drug-likeness (QED) is 0.486. The fourth-order valence-corrected chi connectivity index (χ4v) is 5.77. The highest BCUT2D eigenvalue weighted by atomic mass is 16.5. The average Bonchev–Trinajstić information content (AvgIpc) is 3.01. The first kappa shape index (κ1) is 25.9. The van der Waals surface area contributed by atoms with Crippen molar-refractivity contribution in [2.45, 2.75) is 18.9 Å². The molecule has 4 heterocycles. The van der Waals surface area contributed by atoms with Crippen LogP contribution in [0.1, 0.15) is 12.8 Å². The van der Waals surface area contributed by atoms with Crippen LogP contribution in [0, 0.1) is 0 Å². The van der Waals surface area contributed by atoms with Gasteiger partial charge in [0.1, 0.15) is 5.82 Å². The van der Waals surface area contributed by atoms with Gasteiger partial charge in [-0.25, -0.2) is 4.98 Å². The Labute approximate surface area is 229 Å². The third-order valence-electron chi connectivity index (χ3n) is 8.00. The predicted molar refractivity (Wildman–Crippen MR) is 153 cm³/mol. The Morgan fingerprint density at radius 2 is 1.41 bits per heavy atom. The van der Waals surface area contributed by atoms with E-state index in [0.717, 1.165) is 107 Å². The molecule has 208 valence electrons. The lowest BCUT2D eigenvalue weighted by Gasteiger charge is -2.40. The topological polar surface area (TPSA) is 84.5 Å². The van der Waals surface area contributed by atoms with Crippen LogP contribution < -0.4 is 24.6 Å². The lowest BCUT2D eigenvalue weighted by atomic mass is 10.0. The fourth-order valence-electron chi connectivity index (χ4n) is 5.77. The van der Waals surface area contributed by atoms with Gasteiger partial charge in [0.15, 0.2) is 11.5 Å². The largest absolute Gasteiger partial charge is 0.493 e. The van der Waals surface area contributed by atoms with Gasteiger partial charge < -0.3 is 34.1 Å². The molecule has 0 spiro atoms. The molecule has 3 aromatic rings. The molecule has 1 aromatic heterocycles. The molecule has 10 heteroatoms. The van der Waals surface area contributed by atoms with Crippen LogP contribution in [0.15, 0.2) is 36.4 Å². The van der Waals surface area contributed by atoms with E-state index in [4.69, 9.17) is 28.9 Å². The zero-order chi connectivity index (χ0) is 26.6. The highest BCUT2D eigenvalue weighted by molar-refractivity contribution is 5.94. The van der Waals surface area contributed by atoms with E-state index < -0.39 is 0 Å². The summed E-state index contributed by atoms with van der Waals surface area (Å²) in [7, 11) is 3.30. The summed E-state index contributed by atoms with van der Waals surface area (Å²) in [4.78, 5) is 17.3. The van der Waals surface area contributed by atoms with Crippen LogP contribution in [-0.2, 0) is 9.47 Å². The number of anilines is 4. The summed E-state index contributed by atoms with van der Waals surface area (Å²) < 4.78 is 22.2. The van der Waals surface area contributed by atoms with Crippen LogP contribution in [0.3, 0.4) is 0 Å². The summed E-state index contributed by atoms with van der Waals surface area (Å²) in [5.74, 6) is 2.80. The highest BCUT2D eigenvalue weighted by Crippen LogP contribution is 2.36. The maximum absolute atomic E-state index is 5.60. The molecule has 3 fully saturated rings. The van der Waals surface area contributed by atoms with Gasteiger partial charge in [0.2, 0.25) is 5.95 Å². The van der Waals surface area contributed by atoms with E-state index in [1.54, 1.807) is 14.2 Å². The summed E-state index contributed by atoms with van der Waals surface area (Å²) in [6, 6.07) is 13.0. The van der Waals surface area contributed by atoms with Crippen molar-refractivity contribution in [1.82, 2.24) is 14.9 Å². The summed E-state index contributed by atoms with van der Waals surface area (Å²) >= 11 is 0. The first-order chi connectivity index (χ1) is 19.2. The Hall–Kier alpha value is -3.34. The van der Waals surface area contributed by atoms with Gasteiger partial charge in [-0.2, -0.15) is 4.98 Å². The molecular weight excluding hydrogens is 496 g/mol. The number of benzene rings is 2. The van der Waals surface area contributed by atoms with Gasteiger partial charge >= 0.3 is 0 Å². The van der Waals surface area contributed by atoms with Crippen LogP contribution in [0.5, 0.6) is 11.5 Å². The first-order valence-corrected chi connectivity index (χ1v) is 13.9. The van der Waals surface area contributed by atoms with Gasteiger partial charge in [-0.15, -0.1) is 0 Å². The zero-order valence-corrected chi connectivity index (χ0v) is 22.9. The lowest BCUT2D eigenvalue weighted by molar-refractivity contribution is 0.0114. The van der Waals surface area contributed by atoms with Crippen molar-refractivity contribution in [3.05, 3.63) is 36.4 Å². The number of nitrogens with zero attached hydrogens (tertiary/aromatic N) is 5. The number of ether oxygens (including phenoxy) is 4. The molecule has 0 saturated carbocycles. The van der Waals surface area contributed by atoms with E-state index in [0.29, 0.717) is 17.5 Å². The second kappa shape index (κ2) is 11.8. The molecule has 6 rings (SSSR count). The van der Waals surface area contributed by atoms with Crippen LogP contribution in [0.25, 0.3) is 10.9 Å². The van der Waals surface area contributed by atoms with E-state index in [-0.39, 0.29) is 0 Å². The van der Waals surface area contributed by atoms with Crippen molar-refractivity contribution < 1.29 is 18.9 Å². The number of hydrogen-bond donors (Lipinski definition) is 1. The Bertz CT molecular complexity index is 1250. The van der Waals surface area contributed by atoms with E-state index in [9.17, 15) is 0 Å². The third kappa shape index (κ3) is 5.68. The molecule has 0 unspecified atom stereocenters. The summed E-state index contributed by atoms with van der Waals surface area (Å²) in [5.41, 5.74) is 2.99. The number of aromatic nitrogens is 2. The summed E-state index contributed by atoms with van der Waals surface area (Å²) in [6.07, 6.45) is 2.19. The fraction of sp³-hybridized carbons (Fsp3) is 0.517. The van der Waals surface area contributed by atoms with E-state index in [1.165, 1.54) is 5.69 Å². The van der Waals surface area contributed by atoms with Crippen LogP contribution >= 0.6 is 0 Å². The van der Waals surface area contributed by atoms with Crippen molar-refractivity contribution in [3.63, 3.8) is 0 Å². The minimum absolute atomic E-state index is 0.595. The number of morpholine rings is 2. The predicted octanol–water partition coefficient (Wildman–Crippen LogP) is 3.53. The van der Waals surface area contributed by atoms with Crippen LogP contribution in [0.2, 0.25) is 0 Å².